The normalized spacial score (nSPS) is 24.9. The second kappa shape index (κ2) is 6.72. The van der Waals surface area contributed by atoms with Gasteiger partial charge >= 0.3 is 0 Å². The highest BCUT2D eigenvalue weighted by Gasteiger charge is 2.24. The van der Waals surface area contributed by atoms with Crippen molar-refractivity contribution in [3.8, 4) is 0 Å². The fourth-order valence-corrected chi connectivity index (χ4v) is 2.36. The number of hydrogen-bond acceptors (Lipinski definition) is 3. The van der Waals surface area contributed by atoms with Crippen LogP contribution < -0.4 is 5.32 Å². The van der Waals surface area contributed by atoms with E-state index in [1.54, 1.807) is 7.11 Å². The van der Waals surface area contributed by atoms with Gasteiger partial charge in [-0.15, -0.1) is 0 Å². The summed E-state index contributed by atoms with van der Waals surface area (Å²) >= 11 is 0. The van der Waals surface area contributed by atoms with Crippen molar-refractivity contribution < 1.29 is 4.74 Å². The molecule has 1 aliphatic rings. The highest BCUT2D eigenvalue weighted by molar-refractivity contribution is 4.83. The molecule has 2 unspecified atom stereocenters. The lowest BCUT2D eigenvalue weighted by atomic mass is 10.00. The van der Waals surface area contributed by atoms with Gasteiger partial charge in [-0.05, 0) is 47.1 Å². The molecule has 0 aromatic rings. The molecule has 0 aliphatic carbocycles. The third kappa shape index (κ3) is 5.84. The molecule has 0 spiro atoms. The van der Waals surface area contributed by atoms with Crippen LogP contribution in [0.3, 0.4) is 0 Å². The third-order valence-corrected chi connectivity index (χ3v) is 3.51. The van der Waals surface area contributed by atoms with Gasteiger partial charge in [-0.25, -0.2) is 0 Å². The quantitative estimate of drug-likeness (QED) is 0.800. The van der Waals surface area contributed by atoms with E-state index in [1.807, 2.05) is 0 Å². The SMILES string of the molecule is COC(C)CN1CCCCC1CNC(C)(C)C. The highest BCUT2D eigenvalue weighted by atomic mass is 16.5. The average Bonchev–Trinajstić information content (AvgIpc) is 2.26. The van der Waals surface area contributed by atoms with Crippen molar-refractivity contribution in [1.29, 1.82) is 0 Å². The molecule has 2 atom stereocenters. The second-order valence-corrected chi connectivity index (χ2v) is 6.32. The van der Waals surface area contributed by atoms with Crippen molar-refractivity contribution in [2.45, 2.75) is 64.6 Å². The van der Waals surface area contributed by atoms with Crippen LogP contribution in [0.5, 0.6) is 0 Å². The summed E-state index contributed by atoms with van der Waals surface area (Å²) in [6.45, 7) is 12.2. The molecular formula is C14H30N2O. The Labute approximate surface area is 107 Å². The van der Waals surface area contributed by atoms with E-state index in [0.29, 0.717) is 12.1 Å². The summed E-state index contributed by atoms with van der Waals surface area (Å²) < 4.78 is 5.38. The first-order valence-electron chi connectivity index (χ1n) is 6.94. The number of nitrogens with one attached hydrogen (secondary N) is 1. The lowest BCUT2D eigenvalue weighted by Crippen LogP contribution is -2.51. The van der Waals surface area contributed by atoms with Crippen LogP contribution >= 0.6 is 0 Å². The average molecular weight is 242 g/mol. The van der Waals surface area contributed by atoms with Crippen LogP contribution in [0.4, 0.5) is 0 Å². The van der Waals surface area contributed by atoms with Gasteiger partial charge in [0.15, 0.2) is 0 Å². The zero-order chi connectivity index (χ0) is 12.9. The maximum atomic E-state index is 5.38. The monoisotopic (exact) mass is 242 g/mol. The molecule has 1 aliphatic heterocycles. The molecule has 0 amide bonds. The van der Waals surface area contributed by atoms with Crippen LogP contribution in [0, 0.1) is 0 Å². The van der Waals surface area contributed by atoms with E-state index in [4.69, 9.17) is 4.74 Å². The van der Waals surface area contributed by atoms with Crippen molar-refractivity contribution in [3.05, 3.63) is 0 Å². The number of likely N-dealkylation sites (tertiary alicyclic amines) is 1. The molecule has 17 heavy (non-hydrogen) atoms. The zero-order valence-electron chi connectivity index (χ0n) is 12.3. The molecule has 0 aromatic heterocycles. The summed E-state index contributed by atoms with van der Waals surface area (Å²) in [4.78, 5) is 2.59. The first-order chi connectivity index (χ1) is 7.92. The number of methoxy groups -OCH3 is 1. The fourth-order valence-electron chi connectivity index (χ4n) is 2.36. The van der Waals surface area contributed by atoms with E-state index in [1.165, 1.54) is 25.8 Å². The Morgan fingerprint density at radius 1 is 1.35 bits per heavy atom. The summed E-state index contributed by atoms with van der Waals surface area (Å²) in [5.41, 5.74) is 0.218. The topological polar surface area (TPSA) is 24.5 Å². The van der Waals surface area contributed by atoms with Gasteiger partial charge in [0.1, 0.15) is 0 Å². The maximum Gasteiger partial charge on any atom is 0.0670 e. The number of piperidine rings is 1. The molecule has 102 valence electrons. The lowest BCUT2D eigenvalue weighted by Gasteiger charge is -2.38. The molecule has 1 heterocycles. The molecule has 0 radical (unpaired) electrons. The molecule has 0 bridgehead atoms. The highest BCUT2D eigenvalue weighted by Crippen LogP contribution is 2.17. The minimum absolute atomic E-state index is 0.218. The Kier molecular flexibility index (Phi) is 5.90. The van der Waals surface area contributed by atoms with Crippen molar-refractivity contribution in [2.24, 2.45) is 0 Å². The summed E-state index contributed by atoms with van der Waals surface area (Å²) in [5, 5.41) is 3.63. The minimum Gasteiger partial charge on any atom is -0.380 e. The first kappa shape index (κ1) is 14.9. The van der Waals surface area contributed by atoms with E-state index < -0.39 is 0 Å². The van der Waals surface area contributed by atoms with Crippen LogP contribution in [0.15, 0.2) is 0 Å². The minimum atomic E-state index is 0.218. The van der Waals surface area contributed by atoms with Gasteiger partial charge in [0.05, 0.1) is 6.10 Å². The number of rotatable bonds is 5. The Bertz CT molecular complexity index is 213. The molecule has 3 heteroatoms. The maximum absolute atomic E-state index is 5.38. The summed E-state index contributed by atoms with van der Waals surface area (Å²) in [5.74, 6) is 0. The molecule has 0 aromatic carbocycles. The molecular weight excluding hydrogens is 212 g/mol. The predicted molar refractivity (Wildman–Crippen MR) is 73.4 cm³/mol. The van der Waals surface area contributed by atoms with Gasteiger partial charge < -0.3 is 10.1 Å². The van der Waals surface area contributed by atoms with Gasteiger partial charge in [0.25, 0.3) is 0 Å². The Balaban J connectivity index is 2.42. The third-order valence-electron chi connectivity index (χ3n) is 3.51. The van der Waals surface area contributed by atoms with Crippen molar-refractivity contribution in [3.63, 3.8) is 0 Å². The number of ether oxygens (including phenoxy) is 1. The van der Waals surface area contributed by atoms with E-state index >= 15 is 0 Å². The summed E-state index contributed by atoms with van der Waals surface area (Å²) in [6, 6.07) is 0.681. The Morgan fingerprint density at radius 3 is 2.65 bits per heavy atom. The molecule has 1 N–H and O–H groups in total. The van der Waals surface area contributed by atoms with E-state index in [9.17, 15) is 0 Å². The summed E-state index contributed by atoms with van der Waals surface area (Å²) in [6.07, 6.45) is 4.36. The van der Waals surface area contributed by atoms with Gasteiger partial charge in [0.2, 0.25) is 0 Å². The van der Waals surface area contributed by atoms with Crippen LogP contribution in [0.2, 0.25) is 0 Å². The lowest BCUT2D eigenvalue weighted by molar-refractivity contribution is 0.0448. The van der Waals surface area contributed by atoms with Crippen LogP contribution in [-0.2, 0) is 4.74 Å². The van der Waals surface area contributed by atoms with Crippen LogP contribution in [0.25, 0.3) is 0 Å². The molecule has 1 rings (SSSR count). The predicted octanol–water partition coefficient (Wildman–Crippen LogP) is 2.26. The summed E-state index contributed by atoms with van der Waals surface area (Å²) in [7, 11) is 1.80. The molecule has 3 nitrogen and oxygen atoms in total. The van der Waals surface area contributed by atoms with Gasteiger partial charge in [0, 0.05) is 31.8 Å². The molecule has 1 fully saturated rings. The molecule has 0 saturated carbocycles. The fraction of sp³-hybridized carbons (Fsp3) is 1.00. The van der Waals surface area contributed by atoms with E-state index in [0.717, 1.165) is 13.1 Å². The van der Waals surface area contributed by atoms with E-state index in [-0.39, 0.29) is 5.54 Å². The molecule has 1 saturated heterocycles. The van der Waals surface area contributed by atoms with Crippen molar-refractivity contribution in [2.75, 3.05) is 26.7 Å². The Morgan fingerprint density at radius 2 is 2.06 bits per heavy atom. The first-order valence-corrected chi connectivity index (χ1v) is 6.94. The van der Waals surface area contributed by atoms with E-state index in [2.05, 4.69) is 37.9 Å². The van der Waals surface area contributed by atoms with Gasteiger partial charge in [-0.1, -0.05) is 6.42 Å². The van der Waals surface area contributed by atoms with Crippen molar-refractivity contribution >= 4 is 0 Å². The van der Waals surface area contributed by atoms with Gasteiger partial charge in [-0.2, -0.15) is 0 Å². The largest absolute Gasteiger partial charge is 0.380 e. The van der Waals surface area contributed by atoms with Crippen molar-refractivity contribution in [1.82, 2.24) is 10.2 Å². The van der Waals surface area contributed by atoms with Crippen LogP contribution in [0.1, 0.15) is 47.0 Å². The standard InChI is InChI=1S/C14H30N2O/c1-12(17-5)11-16-9-7-6-8-13(16)10-15-14(2,3)4/h12-13,15H,6-11H2,1-5H3. The van der Waals surface area contributed by atoms with Gasteiger partial charge in [-0.3, -0.25) is 4.90 Å². The number of hydrogen-bond donors (Lipinski definition) is 1. The Hall–Kier alpha value is -0.120. The second-order valence-electron chi connectivity index (χ2n) is 6.32. The smallest absolute Gasteiger partial charge is 0.0670 e. The zero-order valence-corrected chi connectivity index (χ0v) is 12.3. The number of nitrogens with zero attached hydrogens (tertiary/aromatic N) is 1. The van der Waals surface area contributed by atoms with Crippen LogP contribution in [-0.4, -0.2) is 49.3 Å².